The SMILES string of the molecule is Cl.NC/C(=C/F)COc1ccc(-c2nnn(C3CC3)n2)cc1. The summed E-state index contributed by atoms with van der Waals surface area (Å²) in [6, 6.07) is 7.70. The number of hydrogen-bond acceptors (Lipinski definition) is 5. The summed E-state index contributed by atoms with van der Waals surface area (Å²) in [5, 5.41) is 12.4. The molecule has 0 atom stereocenters. The molecule has 2 N–H and O–H groups in total. The normalized spacial score (nSPS) is 14.5. The zero-order valence-corrected chi connectivity index (χ0v) is 12.7. The van der Waals surface area contributed by atoms with Crippen LogP contribution >= 0.6 is 12.4 Å². The highest BCUT2D eigenvalue weighted by Crippen LogP contribution is 2.33. The van der Waals surface area contributed by atoms with Gasteiger partial charge in [-0.2, -0.15) is 4.80 Å². The number of nitrogens with zero attached hydrogens (tertiary/aromatic N) is 4. The molecule has 118 valence electrons. The predicted molar refractivity (Wildman–Crippen MR) is 82.5 cm³/mol. The summed E-state index contributed by atoms with van der Waals surface area (Å²) >= 11 is 0. The second-order valence-corrected chi connectivity index (χ2v) is 4.95. The van der Waals surface area contributed by atoms with Crippen molar-refractivity contribution in [2.45, 2.75) is 18.9 Å². The van der Waals surface area contributed by atoms with E-state index in [1.807, 2.05) is 12.1 Å². The Labute approximate surface area is 133 Å². The minimum absolute atomic E-state index is 0. The van der Waals surface area contributed by atoms with Gasteiger partial charge in [0, 0.05) is 17.7 Å². The van der Waals surface area contributed by atoms with Crippen LogP contribution in [0.5, 0.6) is 5.75 Å². The second kappa shape index (κ2) is 7.33. The summed E-state index contributed by atoms with van der Waals surface area (Å²) < 4.78 is 17.8. The third-order valence-corrected chi connectivity index (χ3v) is 3.25. The van der Waals surface area contributed by atoms with E-state index in [4.69, 9.17) is 10.5 Å². The van der Waals surface area contributed by atoms with Crippen molar-refractivity contribution in [1.82, 2.24) is 20.2 Å². The molecule has 0 amide bonds. The van der Waals surface area contributed by atoms with Gasteiger partial charge in [0.05, 0.1) is 12.4 Å². The zero-order chi connectivity index (χ0) is 14.7. The highest BCUT2D eigenvalue weighted by molar-refractivity contribution is 5.85. The fourth-order valence-electron chi connectivity index (χ4n) is 1.81. The van der Waals surface area contributed by atoms with Crippen LogP contribution in [0.2, 0.25) is 0 Å². The summed E-state index contributed by atoms with van der Waals surface area (Å²) in [5.41, 5.74) is 6.65. The molecule has 1 aromatic heterocycles. The van der Waals surface area contributed by atoms with Crippen LogP contribution < -0.4 is 10.5 Å². The smallest absolute Gasteiger partial charge is 0.204 e. The highest BCUT2D eigenvalue weighted by Gasteiger charge is 2.26. The number of hydrogen-bond donors (Lipinski definition) is 1. The Kier molecular flexibility index (Phi) is 5.46. The van der Waals surface area contributed by atoms with E-state index in [1.165, 1.54) is 0 Å². The lowest BCUT2D eigenvalue weighted by molar-refractivity contribution is 0.347. The number of nitrogens with two attached hydrogens (primary N) is 1. The fraction of sp³-hybridized carbons (Fsp3) is 0.357. The number of rotatable bonds is 6. The van der Waals surface area contributed by atoms with Crippen molar-refractivity contribution in [3.8, 4) is 17.1 Å². The van der Waals surface area contributed by atoms with Gasteiger partial charge in [-0.15, -0.1) is 22.6 Å². The first-order valence-corrected chi connectivity index (χ1v) is 6.81. The number of halogens is 2. The predicted octanol–water partition coefficient (Wildman–Crippen LogP) is 2.29. The van der Waals surface area contributed by atoms with Crippen LogP contribution in [0.1, 0.15) is 18.9 Å². The molecule has 0 bridgehead atoms. The fourth-order valence-corrected chi connectivity index (χ4v) is 1.81. The summed E-state index contributed by atoms with van der Waals surface area (Å²) in [4.78, 5) is 1.67. The molecule has 2 aromatic rings. The standard InChI is InChI=1S/C14H16FN5O.ClH/c15-7-10(8-16)9-21-13-5-1-11(2-6-13)14-17-19-20(18-14)12-3-4-12;/h1-2,5-7,12H,3-4,8-9,16H2;1H/b10-7-;. The summed E-state index contributed by atoms with van der Waals surface area (Å²) in [6.07, 6.45) is 2.72. The van der Waals surface area contributed by atoms with Gasteiger partial charge in [0.2, 0.25) is 5.82 Å². The van der Waals surface area contributed by atoms with Crippen LogP contribution in [0, 0.1) is 0 Å². The highest BCUT2D eigenvalue weighted by atomic mass is 35.5. The monoisotopic (exact) mass is 325 g/mol. The van der Waals surface area contributed by atoms with E-state index < -0.39 is 0 Å². The maximum Gasteiger partial charge on any atom is 0.204 e. The zero-order valence-electron chi connectivity index (χ0n) is 11.9. The molecule has 3 rings (SSSR count). The maximum atomic E-state index is 12.4. The first-order chi connectivity index (χ1) is 10.3. The van der Waals surface area contributed by atoms with Gasteiger partial charge in [0.1, 0.15) is 12.4 Å². The molecule has 22 heavy (non-hydrogen) atoms. The van der Waals surface area contributed by atoms with Gasteiger partial charge in [-0.05, 0) is 42.3 Å². The molecule has 0 saturated heterocycles. The molecule has 6 nitrogen and oxygen atoms in total. The molecule has 1 aromatic carbocycles. The topological polar surface area (TPSA) is 78.9 Å². The van der Waals surface area contributed by atoms with Crippen LogP contribution in [-0.4, -0.2) is 33.4 Å². The third kappa shape index (κ3) is 3.80. The Balaban J connectivity index is 0.00000176. The van der Waals surface area contributed by atoms with Crippen molar-refractivity contribution in [2.75, 3.05) is 13.2 Å². The van der Waals surface area contributed by atoms with E-state index in [0.29, 0.717) is 29.5 Å². The van der Waals surface area contributed by atoms with Crippen LogP contribution in [-0.2, 0) is 0 Å². The summed E-state index contributed by atoms with van der Waals surface area (Å²) in [5.74, 6) is 1.24. The summed E-state index contributed by atoms with van der Waals surface area (Å²) in [6.45, 7) is 0.283. The molecule has 8 heteroatoms. The molecule has 0 aliphatic heterocycles. The largest absolute Gasteiger partial charge is 0.489 e. The molecule has 0 spiro atoms. The van der Waals surface area contributed by atoms with E-state index in [0.717, 1.165) is 18.4 Å². The average molecular weight is 326 g/mol. The van der Waals surface area contributed by atoms with E-state index in [9.17, 15) is 4.39 Å². The van der Waals surface area contributed by atoms with E-state index in [2.05, 4.69) is 15.4 Å². The van der Waals surface area contributed by atoms with Crippen molar-refractivity contribution in [1.29, 1.82) is 0 Å². The molecule has 0 radical (unpaired) electrons. The van der Waals surface area contributed by atoms with Gasteiger partial charge in [-0.25, -0.2) is 4.39 Å². The van der Waals surface area contributed by atoms with Crippen molar-refractivity contribution >= 4 is 12.4 Å². The van der Waals surface area contributed by atoms with Crippen LogP contribution in [0.4, 0.5) is 4.39 Å². The number of benzene rings is 1. The maximum absolute atomic E-state index is 12.4. The Hall–Kier alpha value is -1.99. The lowest BCUT2D eigenvalue weighted by Crippen LogP contribution is -2.10. The van der Waals surface area contributed by atoms with Gasteiger partial charge >= 0.3 is 0 Å². The van der Waals surface area contributed by atoms with Crippen molar-refractivity contribution < 1.29 is 9.13 Å². The molecular formula is C14H17ClFN5O. The van der Waals surface area contributed by atoms with Crippen molar-refractivity contribution in [3.05, 3.63) is 36.2 Å². The van der Waals surface area contributed by atoms with Crippen molar-refractivity contribution in [3.63, 3.8) is 0 Å². The van der Waals surface area contributed by atoms with E-state index in [-0.39, 0.29) is 25.6 Å². The van der Waals surface area contributed by atoms with Crippen LogP contribution in [0.15, 0.2) is 36.2 Å². The van der Waals surface area contributed by atoms with Crippen LogP contribution in [0.25, 0.3) is 11.4 Å². The first kappa shape index (κ1) is 16.4. The molecule has 1 fully saturated rings. The van der Waals surface area contributed by atoms with Crippen molar-refractivity contribution in [2.24, 2.45) is 5.73 Å². The van der Waals surface area contributed by atoms with Gasteiger partial charge in [0.25, 0.3) is 0 Å². The lowest BCUT2D eigenvalue weighted by atomic mass is 10.2. The molecule has 1 aliphatic carbocycles. The first-order valence-electron chi connectivity index (χ1n) is 6.81. The Morgan fingerprint density at radius 1 is 1.36 bits per heavy atom. The lowest BCUT2D eigenvalue weighted by Gasteiger charge is -2.07. The average Bonchev–Trinajstić information content (AvgIpc) is 3.26. The number of aromatic nitrogens is 4. The molecule has 1 heterocycles. The van der Waals surface area contributed by atoms with Gasteiger partial charge in [-0.3, -0.25) is 0 Å². The third-order valence-electron chi connectivity index (χ3n) is 3.25. The minimum atomic E-state index is 0. The molecule has 1 aliphatic rings. The Bertz CT molecular complexity index is 639. The van der Waals surface area contributed by atoms with Crippen LogP contribution in [0.3, 0.4) is 0 Å². The minimum Gasteiger partial charge on any atom is -0.489 e. The molecule has 1 saturated carbocycles. The van der Waals surface area contributed by atoms with E-state index >= 15 is 0 Å². The summed E-state index contributed by atoms with van der Waals surface area (Å²) in [7, 11) is 0. The second-order valence-electron chi connectivity index (χ2n) is 4.95. The van der Waals surface area contributed by atoms with Gasteiger partial charge in [0.15, 0.2) is 0 Å². The Morgan fingerprint density at radius 3 is 2.68 bits per heavy atom. The van der Waals surface area contributed by atoms with Gasteiger partial charge in [-0.1, -0.05) is 0 Å². The van der Waals surface area contributed by atoms with Gasteiger partial charge < -0.3 is 10.5 Å². The Morgan fingerprint density at radius 2 is 2.09 bits per heavy atom. The molecular weight excluding hydrogens is 309 g/mol. The van der Waals surface area contributed by atoms with E-state index in [1.54, 1.807) is 16.9 Å². The molecule has 0 unspecified atom stereocenters. The quantitative estimate of drug-likeness (QED) is 0.881. The number of tetrazole rings is 1. The number of ether oxygens (including phenoxy) is 1.